The minimum atomic E-state index is 0.839. The minimum absolute atomic E-state index is 0.839. The zero-order chi connectivity index (χ0) is 10.3. The standard InChI is InChI=1S/C9H12N6/c1-14-7(5-12-13-14)8-4-11-9-6-10-2-3-15(8)9/h4-5,10H,2-3,6H2,1H3. The lowest BCUT2D eigenvalue weighted by molar-refractivity contribution is 0.507. The average molecular weight is 204 g/mol. The van der Waals surface area contributed by atoms with E-state index in [9.17, 15) is 0 Å². The molecule has 0 unspecified atom stereocenters. The molecule has 6 nitrogen and oxygen atoms in total. The molecule has 0 atom stereocenters. The van der Waals surface area contributed by atoms with Crippen LogP contribution in [0.1, 0.15) is 5.82 Å². The van der Waals surface area contributed by atoms with E-state index >= 15 is 0 Å². The van der Waals surface area contributed by atoms with E-state index in [1.165, 1.54) is 0 Å². The highest BCUT2D eigenvalue weighted by molar-refractivity contribution is 5.53. The van der Waals surface area contributed by atoms with Crippen LogP contribution in [0.5, 0.6) is 0 Å². The molecule has 2 aromatic heterocycles. The number of nitrogens with zero attached hydrogens (tertiary/aromatic N) is 5. The van der Waals surface area contributed by atoms with Gasteiger partial charge in [0.1, 0.15) is 11.5 Å². The van der Waals surface area contributed by atoms with Gasteiger partial charge in [-0.3, -0.25) is 0 Å². The third-order valence-electron chi connectivity index (χ3n) is 2.71. The summed E-state index contributed by atoms with van der Waals surface area (Å²) in [6.45, 7) is 2.78. The first kappa shape index (κ1) is 8.60. The maximum Gasteiger partial charge on any atom is 0.123 e. The summed E-state index contributed by atoms with van der Waals surface area (Å²) in [5, 5.41) is 11.1. The maximum atomic E-state index is 4.39. The molecule has 6 heteroatoms. The Labute approximate surface area is 86.9 Å². The second-order valence-electron chi connectivity index (χ2n) is 3.63. The molecule has 1 aliphatic rings. The Morgan fingerprint density at radius 3 is 3.07 bits per heavy atom. The van der Waals surface area contributed by atoms with E-state index in [4.69, 9.17) is 0 Å². The fourth-order valence-corrected chi connectivity index (χ4v) is 1.92. The Kier molecular flexibility index (Phi) is 1.81. The number of nitrogens with one attached hydrogen (secondary N) is 1. The van der Waals surface area contributed by atoms with Crippen molar-refractivity contribution in [2.24, 2.45) is 7.05 Å². The number of rotatable bonds is 1. The number of aryl methyl sites for hydroxylation is 1. The Balaban J connectivity index is 2.13. The summed E-state index contributed by atoms with van der Waals surface area (Å²) in [5.41, 5.74) is 2.11. The molecule has 0 fully saturated rings. The van der Waals surface area contributed by atoms with Gasteiger partial charge in [-0.2, -0.15) is 0 Å². The molecule has 0 spiro atoms. The van der Waals surface area contributed by atoms with E-state index in [-0.39, 0.29) is 0 Å². The molecule has 1 N–H and O–H groups in total. The molecule has 0 aromatic carbocycles. The molecular weight excluding hydrogens is 192 g/mol. The summed E-state index contributed by atoms with van der Waals surface area (Å²) in [5.74, 6) is 1.08. The number of aromatic nitrogens is 5. The predicted molar refractivity (Wildman–Crippen MR) is 53.9 cm³/mol. The summed E-state index contributed by atoms with van der Waals surface area (Å²) in [4.78, 5) is 4.39. The van der Waals surface area contributed by atoms with Crippen LogP contribution < -0.4 is 5.32 Å². The lowest BCUT2D eigenvalue weighted by Crippen LogP contribution is -2.28. The van der Waals surface area contributed by atoms with E-state index < -0.39 is 0 Å². The third-order valence-corrected chi connectivity index (χ3v) is 2.71. The molecule has 0 saturated carbocycles. The quantitative estimate of drug-likeness (QED) is 0.697. The largest absolute Gasteiger partial charge is 0.324 e. The molecule has 0 radical (unpaired) electrons. The summed E-state index contributed by atoms with van der Waals surface area (Å²) in [6, 6.07) is 0. The Morgan fingerprint density at radius 1 is 1.33 bits per heavy atom. The minimum Gasteiger partial charge on any atom is -0.324 e. The lowest BCUT2D eigenvalue weighted by Gasteiger charge is -2.17. The van der Waals surface area contributed by atoms with Gasteiger partial charge >= 0.3 is 0 Å². The van der Waals surface area contributed by atoms with Crippen LogP contribution in [0.15, 0.2) is 12.4 Å². The summed E-state index contributed by atoms with van der Waals surface area (Å²) in [6.07, 6.45) is 3.66. The highest BCUT2D eigenvalue weighted by Crippen LogP contribution is 2.20. The number of fused-ring (bicyclic) bond motifs is 1. The second-order valence-corrected chi connectivity index (χ2v) is 3.63. The average Bonchev–Trinajstić information content (AvgIpc) is 2.83. The van der Waals surface area contributed by atoms with Gasteiger partial charge in [0.15, 0.2) is 0 Å². The van der Waals surface area contributed by atoms with E-state index in [1.807, 2.05) is 13.2 Å². The molecule has 2 aromatic rings. The van der Waals surface area contributed by atoms with E-state index in [0.29, 0.717) is 0 Å². The van der Waals surface area contributed by atoms with Crippen LogP contribution in [0.2, 0.25) is 0 Å². The van der Waals surface area contributed by atoms with Gasteiger partial charge < -0.3 is 9.88 Å². The normalized spacial score (nSPS) is 15.3. The van der Waals surface area contributed by atoms with Gasteiger partial charge in [0.2, 0.25) is 0 Å². The zero-order valence-corrected chi connectivity index (χ0v) is 8.51. The molecule has 0 amide bonds. The van der Waals surface area contributed by atoms with Gasteiger partial charge in [-0.15, -0.1) is 5.10 Å². The molecule has 78 valence electrons. The van der Waals surface area contributed by atoms with Crippen molar-refractivity contribution in [1.82, 2.24) is 29.9 Å². The highest BCUT2D eigenvalue weighted by Gasteiger charge is 2.16. The molecule has 3 rings (SSSR count). The van der Waals surface area contributed by atoms with Crippen LogP contribution in [0.3, 0.4) is 0 Å². The maximum absolute atomic E-state index is 4.39. The van der Waals surface area contributed by atoms with Crippen molar-refractivity contribution >= 4 is 0 Å². The van der Waals surface area contributed by atoms with Crippen molar-refractivity contribution in [3.05, 3.63) is 18.2 Å². The first-order valence-electron chi connectivity index (χ1n) is 4.96. The summed E-state index contributed by atoms with van der Waals surface area (Å²) < 4.78 is 3.99. The van der Waals surface area contributed by atoms with Gasteiger partial charge in [-0.25, -0.2) is 9.67 Å². The van der Waals surface area contributed by atoms with E-state index in [0.717, 1.165) is 36.8 Å². The van der Waals surface area contributed by atoms with Gasteiger partial charge in [-0.1, -0.05) is 5.21 Å². The fourth-order valence-electron chi connectivity index (χ4n) is 1.92. The van der Waals surface area contributed by atoms with Crippen LogP contribution in [0, 0.1) is 0 Å². The molecule has 0 bridgehead atoms. The summed E-state index contributed by atoms with van der Waals surface area (Å²) >= 11 is 0. The van der Waals surface area contributed by atoms with Crippen LogP contribution in [-0.4, -0.2) is 31.1 Å². The third kappa shape index (κ3) is 1.25. The predicted octanol–water partition coefficient (Wildman–Crippen LogP) is -0.218. The monoisotopic (exact) mass is 204 g/mol. The van der Waals surface area contributed by atoms with Crippen molar-refractivity contribution in [3.8, 4) is 11.4 Å². The second kappa shape index (κ2) is 3.16. The van der Waals surface area contributed by atoms with Crippen LogP contribution in [0.25, 0.3) is 11.4 Å². The molecule has 3 heterocycles. The Morgan fingerprint density at radius 2 is 2.27 bits per heavy atom. The van der Waals surface area contributed by atoms with Gasteiger partial charge in [-0.05, 0) is 0 Å². The first-order valence-corrected chi connectivity index (χ1v) is 4.96. The SMILES string of the molecule is Cn1nncc1-c1cnc2n1CCNC2. The lowest BCUT2D eigenvalue weighted by atomic mass is 10.3. The van der Waals surface area contributed by atoms with Crippen LogP contribution in [0.4, 0.5) is 0 Å². The fraction of sp³-hybridized carbons (Fsp3) is 0.444. The molecule has 1 aliphatic heterocycles. The van der Waals surface area contributed by atoms with Crippen molar-refractivity contribution < 1.29 is 0 Å². The van der Waals surface area contributed by atoms with E-state index in [2.05, 4.69) is 25.2 Å². The van der Waals surface area contributed by atoms with Gasteiger partial charge in [0.05, 0.1) is 24.6 Å². The first-order chi connectivity index (χ1) is 7.36. The van der Waals surface area contributed by atoms with Gasteiger partial charge in [0, 0.05) is 20.1 Å². The summed E-state index contributed by atoms with van der Waals surface area (Å²) in [7, 11) is 1.89. The van der Waals surface area contributed by atoms with Crippen molar-refractivity contribution in [3.63, 3.8) is 0 Å². The number of hydrogen-bond donors (Lipinski definition) is 1. The Bertz CT molecular complexity index is 483. The molecule has 15 heavy (non-hydrogen) atoms. The van der Waals surface area contributed by atoms with Gasteiger partial charge in [0.25, 0.3) is 0 Å². The Hall–Kier alpha value is -1.69. The van der Waals surface area contributed by atoms with Crippen molar-refractivity contribution in [2.45, 2.75) is 13.1 Å². The topological polar surface area (TPSA) is 60.6 Å². The number of hydrogen-bond acceptors (Lipinski definition) is 4. The molecule has 0 aliphatic carbocycles. The molecule has 0 saturated heterocycles. The molecular formula is C9H12N6. The highest BCUT2D eigenvalue weighted by atomic mass is 15.4. The number of imidazole rings is 1. The van der Waals surface area contributed by atoms with Crippen LogP contribution in [-0.2, 0) is 20.1 Å². The van der Waals surface area contributed by atoms with Crippen LogP contribution >= 0.6 is 0 Å². The van der Waals surface area contributed by atoms with Crippen molar-refractivity contribution in [2.75, 3.05) is 6.54 Å². The smallest absolute Gasteiger partial charge is 0.123 e. The van der Waals surface area contributed by atoms with E-state index in [1.54, 1.807) is 10.9 Å². The zero-order valence-electron chi connectivity index (χ0n) is 8.51. The van der Waals surface area contributed by atoms with Crippen molar-refractivity contribution in [1.29, 1.82) is 0 Å².